The molecular weight excluding hydrogens is 400 g/mol. The minimum absolute atomic E-state index is 0.0661. The van der Waals surface area contributed by atoms with Crippen LogP contribution in [0.3, 0.4) is 0 Å². The molecule has 0 aliphatic heterocycles. The number of halogens is 7. The Balaban J connectivity index is 0.000000816. The van der Waals surface area contributed by atoms with Gasteiger partial charge in [0.25, 0.3) is 0 Å². The fourth-order valence-corrected chi connectivity index (χ4v) is 1.44. The van der Waals surface area contributed by atoms with Crippen molar-refractivity contribution < 1.29 is 44.1 Å². The summed E-state index contributed by atoms with van der Waals surface area (Å²) in [6.07, 6.45) is 0.799. The predicted molar refractivity (Wildman–Crippen MR) is 73.3 cm³/mol. The molecule has 0 unspecified atom stereocenters. The molecule has 2 aromatic rings. The molecule has 0 atom stereocenters. The van der Waals surface area contributed by atoms with Gasteiger partial charge >= 0.3 is 35.6 Å². The van der Waals surface area contributed by atoms with Gasteiger partial charge in [-0.15, -0.1) is 0 Å². The summed E-state index contributed by atoms with van der Waals surface area (Å²) in [5, 5.41) is 9.39. The van der Waals surface area contributed by atoms with E-state index in [0.29, 0.717) is 0 Å². The molecule has 0 saturated heterocycles. The summed E-state index contributed by atoms with van der Waals surface area (Å²) in [5.74, 6) is -10.7. The van der Waals surface area contributed by atoms with Crippen LogP contribution in [0, 0.1) is 29.1 Å². The molecule has 0 fully saturated rings. The Hall–Kier alpha value is -1.15. The molecule has 0 spiro atoms. The average Bonchev–Trinajstić information content (AvgIpc) is 2.53. The van der Waals surface area contributed by atoms with E-state index in [1.807, 2.05) is 0 Å². The monoisotopic (exact) mass is 405 g/mol. The third-order valence-corrected chi connectivity index (χ3v) is 2.46. The van der Waals surface area contributed by atoms with Gasteiger partial charge in [-0.1, -0.05) is 12.1 Å². The maximum atomic E-state index is 13.3. The second-order valence-corrected chi connectivity index (χ2v) is 6.39. The number of phenolic OH excluding ortho intramolecular Hbond substituents is 1. The molecule has 2 rings (SSSR count). The summed E-state index contributed by atoms with van der Waals surface area (Å²) in [7, 11) is 9.78. The molecule has 0 aliphatic rings. The van der Waals surface area contributed by atoms with Gasteiger partial charge in [0.2, 0.25) is 5.82 Å². The molecule has 2 aromatic carbocycles. The van der Waals surface area contributed by atoms with Crippen molar-refractivity contribution in [1.29, 1.82) is 0 Å². The number of hydrogen-bond donors (Lipinski definition) is 1. The Labute approximate surface area is 144 Å². The van der Waals surface area contributed by atoms with E-state index in [0.717, 1.165) is 6.21 Å². The van der Waals surface area contributed by atoms with Crippen LogP contribution in [0.2, 0.25) is 0 Å². The molecule has 2 nitrogen and oxygen atoms in total. The first-order valence-corrected chi connectivity index (χ1v) is 9.94. The first kappa shape index (κ1) is 19.9. The van der Waals surface area contributed by atoms with Crippen LogP contribution in [0.5, 0.6) is 5.75 Å². The van der Waals surface area contributed by atoms with Gasteiger partial charge in [-0.2, -0.15) is 0 Å². The van der Waals surface area contributed by atoms with Gasteiger partial charge < -0.3 is 5.11 Å². The number of aromatic hydroxyl groups is 1. The molecule has 23 heavy (non-hydrogen) atoms. The van der Waals surface area contributed by atoms with E-state index in [9.17, 15) is 27.1 Å². The Morgan fingerprint density at radius 2 is 1.30 bits per heavy atom. The van der Waals surface area contributed by atoms with Crippen molar-refractivity contribution in [2.75, 3.05) is 0 Å². The fraction of sp³-hybridized carbons (Fsp3) is 0. The van der Waals surface area contributed by atoms with Crippen LogP contribution in [0.15, 0.2) is 29.3 Å². The minimum atomic E-state index is -2.25. The molecule has 0 bridgehead atoms. The number of benzene rings is 2. The number of phenols is 1. The topological polar surface area (TPSA) is 32.6 Å². The van der Waals surface area contributed by atoms with Crippen LogP contribution >= 0.6 is 18.6 Å². The normalized spacial score (nSPS) is 10.4. The van der Waals surface area contributed by atoms with E-state index in [-0.39, 0.29) is 11.3 Å². The summed E-state index contributed by atoms with van der Waals surface area (Å²) in [6.45, 7) is 0. The van der Waals surface area contributed by atoms with Crippen LogP contribution in [0.4, 0.5) is 27.6 Å². The molecule has 0 amide bonds. The molecule has 0 aromatic heterocycles. The first-order valence-electron chi connectivity index (χ1n) is 5.64. The summed E-state index contributed by atoms with van der Waals surface area (Å²) in [6, 6.07) is 5.62. The van der Waals surface area contributed by atoms with Gasteiger partial charge in [0, 0.05) is 11.8 Å². The van der Waals surface area contributed by atoms with Crippen molar-refractivity contribution in [3.63, 3.8) is 0 Å². The third-order valence-electron chi connectivity index (χ3n) is 2.46. The summed E-state index contributed by atoms with van der Waals surface area (Å²) in [4.78, 5) is 3.22. The van der Waals surface area contributed by atoms with Gasteiger partial charge in [0.05, 0.1) is 0 Å². The van der Waals surface area contributed by atoms with Crippen molar-refractivity contribution in [2.24, 2.45) is 4.99 Å². The molecule has 0 heterocycles. The van der Waals surface area contributed by atoms with E-state index in [4.69, 9.17) is 18.6 Å². The van der Waals surface area contributed by atoms with Crippen molar-refractivity contribution in [2.45, 2.75) is 0 Å². The van der Waals surface area contributed by atoms with Gasteiger partial charge in [0.15, 0.2) is 23.3 Å². The molecule has 10 heteroatoms. The van der Waals surface area contributed by atoms with E-state index >= 15 is 0 Å². The number of para-hydroxylation sites is 1. The van der Waals surface area contributed by atoms with Gasteiger partial charge in [-0.3, -0.25) is 0 Å². The quantitative estimate of drug-likeness (QED) is 0.240. The van der Waals surface area contributed by atoms with Crippen molar-refractivity contribution in [1.82, 2.24) is 0 Å². The average molecular weight is 406 g/mol. The molecule has 0 aliphatic carbocycles. The third kappa shape index (κ3) is 4.91. The zero-order valence-corrected chi connectivity index (χ0v) is 14.0. The number of aliphatic imine (C=N–C) groups is 1. The number of rotatable bonds is 2. The Kier molecular flexibility index (Phi) is 7.98. The van der Waals surface area contributed by atoms with Crippen molar-refractivity contribution in [3.8, 4) is 5.75 Å². The zero-order chi connectivity index (χ0) is 17.6. The SMILES string of the molecule is Oc1ccccc1C=Nc1c(F)c(F)c(F)c(F)c1F.[Cl][Ti][Cl]. The molecule has 122 valence electrons. The number of hydrogen-bond acceptors (Lipinski definition) is 2. The van der Waals surface area contributed by atoms with Crippen molar-refractivity contribution in [3.05, 3.63) is 58.9 Å². The Morgan fingerprint density at radius 3 is 1.78 bits per heavy atom. The summed E-state index contributed by atoms with van der Waals surface area (Å²) >= 11 is -0.556. The van der Waals surface area contributed by atoms with Crippen LogP contribution < -0.4 is 0 Å². The van der Waals surface area contributed by atoms with Crippen molar-refractivity contribution >= 4 is 30.5 Å². The van der Waals surface area contributed by atoms with E-state index in [1.54, 1.807) is 0 Å². The molecular formula is C13H6Cl2F5NOTi. The molecule has 1 N–H and O–H groups in total. The van der Waals surface area contributed by atoms with Gasteiger partial charge in [-0.25, -0.2) is 26.9 Å². The van der Waals surface area contributed by atoms with Gasteiger partial charge in [-0.05, 0) is 12.1 Å². The van der Waals surface area contributed by atoms with Crippen LogP contribution in [0.1, 0.15) is 5.56 Å². The molecule has 0 saturated carbocycles. The zero-order valence-electron chi connectivity index (χ0n) is 10.9. The van der Waals surface area contributed by atoms with E-state index in [2.05, 4.69) is 4.99 Å². The predicted octanol–water partition coefficient (Wildman–Crippen LogP) is 5.21. The second-order valence-electron chi connectivity index (χ2n) is 3.81. The van der Waals surface area contributed by atoms with Crippen LogP contribution in [-0.4, -0.2) is 11.3 Å². The fourth-order valence-electron chi connectivity index (χ4n) is 1.44. The van der Waals surface area contributed by atoms with Crippen LogP contribution in [-0.2, 0) is 17.0 Å². The van der Waals surface area contributed by atoms with Crippen LogP contribution in [0.25, 0.3) is 0 Å². The molecule has 0 radical (unpaired) electrons. The maximum absolute atomic E-state index is 13.3. The Bertz CT molecular complexity index is 701. The summed E-state index contributed by atoms with van der Waals surface area (Å²) < 4.78 is 65.3. The van der Waals surface area contributed by atoms with Gasteiger partial charge in [0.1, 0.15) is 11.4 Å². The van der Waals surface area contributed by atoms with E-state index in [1.165, 1.54) is 24.3 Å². The van der Waals surface area contributed by atoms with E-state index < -0.39 is 51.8 Å². The first-order chi connectivity index (χ1) is 10.8. The second kappa shape index (κ2) is 9.22. The number of nitrogens with zero attached hydrogens (tertiary/aromatic N) is 1. The summed E-state index contributed by atoms with van der Waals surface area (Å²) in [5.41, 5.74) is -1.25. The standard InChI is InChI=1S/C13H6F5NO.2ClH.Ti/c14-8-9(15)11(17)13(12(18)10(8)16)19-5-6-3-1-2-4-7(6)20;;;/h1-5,20H;2*1H;/q;;;+2/p-2. The Morgan fingerprint density at radius 1 is 0.870 bits per heavy atom.